The predicted octanol–water partition coefficient (Wildman–Crippen LogP) is 2.52. The summed E-state index contributed by atoms with van der Waals surface area (Å²) in [6, 6.07) is 0.674. The Labute approximate surface area is 104 Å². The van der Waals surface area contributed by atoms with Crippen LogP contribution < -0.4 is 5.32 Å². The predicted molar refractivity (Wildman–Crippen MR) is 66.6 cm³/mol. The first-order valence-corrected chi connectivity index (χ1v) is 7.50. The van der Waals surface area contributed by atoms with Gasteiger partial charge in [-0.3, -0.25) is 4.79 Å². The van der Waals surface area contributed by atoms with E-state index >= 15 is 0 Å². The van der Waals surface area contributed by atoms with E-state index in [9.17, 15) is 4.79 Å². The van der Waals surface area contributed by atoms with E-state index in [0.29, 0.717) is 18.4 Å². The van der Waals surface area contributed by atoms with E-state index in [-0.39, 0.29) is 5.41 Å². The van der Waals surface area contributed by atoms with Crippen molar-refractivity contribution in [1.82, 2.24) is 5.32 Å². The molecule has 2 heteroatoms. The lowest BCUT2D eigenvalue weighted by atomic mass is 9.48. The maximum absolute atomic E-state index is 12.6. The lowest BCUT2D eigenvalue weighted by Gasteiger charge is -2.56. The molecule has 5 aliphatic rings. The first-order valence-electron chi connectivity index (χ1n) is 7.50. The molecule has 5 aliphatic carbocycles. The van der Waals surface area contributed by atoms with Gasteiger partial charge in [0.2, 0.25) is 0 Å². The molecule has 17 heavy (non-hydrogen) atoms. The van der Waals surface area contributed by atoms with Gasteiger partial charge in [-0.05, 0) is 69.1 Å². The summed E-state index contributed by atoms with van der Waals surface area (Å²) < 4.78 is 0. The van der Waals surface area contributed by atoms with E-state index in [0.717, 1.165) is 17.8 Å². The molecular formula is C15H23NO. The molecule has 0 aromatic rings. The third-order valence-electron chi connectivity index (χ3n) is 5.76. The Hall–Kier alpha value is -0.370. The van der Waals surface area contributed by atoms with Crippen molar-refractivity contribution in [2.75, 3.05) is 6.54 Å². The number of rotatable bonds is 4. The van der Waals surface area contributed by atoms with Crippen molar-refractivity contribution >= 4 is 5.78 Å². The maximum Gasteiger partial charge on any atom is 0.152 e. The summed E-state index contributed by atoms with van der Waals surface area (Å²) in [6.07, 6.45) is 10.6. The lowest BCUT2D eigenvalue weighted by Crippen LogP contribution is -2.52. The van der Waals surface area contributed by atoms with Crippen LogP contribution in [0.2, 0.25) is 0 Å². The molecule has 1 N–H and O–H groups in total. The van der Waals surface area contributed by atoms with Crippen LogP contribution >= 0.6 is 0 Å². The zero-order valence-electron chi connectivity index (χ0n) is 10.6. The Balaban J connectivity index is 1.49. The molecule has 0 aromatic carbocycles. The number of hydrogen-bond donors (Lipinski definition) is 1. The van der Waals surface area contributed by atoms with E-state index < -0.39 is 0 Å². The standard InChI is InChI=1S/C15H23NO/c17-14(9-16-13-1-2-13)15-6-10-3-11(7-15)5-12(4-10)8-15/h10-13,16H,1-9H2. The quantitative estimate of drug-likeness (QED) is 0.808. The van der Waals surface area contributed by atoms with Gasteiger partial charge in [-0.2, -0.15) is 0 Å². The van der Waals surface area contributed by atoms with Gasteiger partial charge in [0.05, 0.1) is 6.54 Å². The van der Waals surface area contributed by atoms with E-state index in [1.165, 1.54) is 51.4 Å². The zero-order chi connectivity index (χ0) is 11.5. The molecule has 0 aromatic heterocycles. The average molecular weight is 233 g/mol. The van der Waals surface area contributed by atoms with Crippen LogP contribution in [0.25, 0.3) is 0 Å². The van der Waals surface area contributed by atoms with Gasteiger partial charge in [-0.15, -0.1) is 0 Å². The van der Waals surface area contributed by atoms with Crippen LogP contribution in [0.5, 0.6) is 0 Å². The highest BCUT2D eigenvalue weighted by Crippen LogP contribution is 2.60. The summed E-state index contributed by atoms with van der Waals surface area (Å²) in [6.45, 7) is 0.664. The monoisotopic (exact) mass is 233 g/mol. The normalized spacial score (nSPS) is 47.4. The van der Waals surface area contributed by atoms with Crippen LogP contribution in [-0.2, 0) is 4.79 Å². The number of carbonyl (C=O) groups excluding carboxylic acids is 1. The van der Waals surface area contributed by atoms with Gasteiger partial charge in [0.25, 0.3) is 0 Å². The Morgan fingerprint density at radius 2 is 1.53 bits per heavy atom. The molecule has 0 unspecified atom stereocenters. The van der Waals surface area contributed by atoms with Crippen molar-refractivity contribution in [3.63, 3.8) is 0 Å². The molecule has 5 rings (SSSR count). The topological polar surface area (TPSA) is 29.1 Å². The highest BCUT2D eigenvalue weighted by molar-refractivity contribution is 5.87. The largest absolute Gasteiger partial charge is 0.307 e. The van der Waals surface area contributed by atoms with Crippen molar-refractivity contribution < 1.29 is 4.79 Å². The third-order valence-corrected chi connectivity index (χ3v) is 5.76. The third kappa shape index (κ3) is 1.76. The van der Waals surface area contributed by atoms with Gasteiger partial charge in [0.15, 0.2) is 5.78 Å². The van der Waals surface area contributed by atoms with Crippen LogP contribution in [0, 0.1) is 23.2 Å². The SMILES string of the molecule is O=C(CNC1CC1)C12CC3CC(CC(C3)C1)C2. The summed E-state index contributed by atoms with van der Waals surface area (Å²) >= 11 is 0. The molecule has 94 valence electrons. The van der Waals surface area contributed by atoms with Crippen LogP contribution in [-0.4, -0.2) is 18.4 Å². The van der Waals surface area contributed by atoms with Gasteiger partial charge < -0.3 is 5.32 Å². The molecule has 0 atom stereocenters. The van der Waals surface area contributed by atoms with Crippen LogP contribution in [0.4, 0.5) is 0 Å². The second-order valence-corrected chi connectivity index (χ2v) is 7.28. The van der Waals surface area contributed by atoms with E-state index in [1.54, 1.807) is 0 Å². The van der Waals surface area contributed by atoms with Crippen LogP contribution in [0.3, 0.4) is 0 Å². The Morgan fingerprint density at radius 1 is 1.00 bits per heavy atom. The molecule has 0 saturated heterocycles. The van der Waals surface area contributed by atoms with E-state index in [1.807, 2.05) is 0 Å². The van der Waals surface area contributed by atoms with Crippen LogP contribution in [0.15, 0.2) is 0 Å². The minimum absolute atomic E-state index is 0.122. The molecule has 5 fully saturated rings. The highest BCUT2D eigenvalue weighted by atomic mass is 16.1. The summed E-state index contributed by atoms with van der Waals surface area (Å²) in [5.74, 6) is 3.24. The number of nitrogens with one attached hydrogen (secondary N) is 1. The minimum atomic E-state index is 0.122. The second-order valence-electron chi connectivity index (χ2n) is 7.28. The Kier molecular flexibility index (Phi) is 2.21. The summed E-state index contributed by atoms with van der Waals surface area (Å²) in [5.41, 5.74) is 0.122. The first kappa shape index (κ1) is 10.5. The van der Waals surface area contributed by atoms with Gasteiger partial charge in [-0.25, -0.2) is 0 Å². The maximum atomic E-state index is 12.6. The number of Topliss-reactive ketones (excluding diaryl/α,β-unsaturated/α-hetero) is 1. The molecule has 5 saturated carbocycles. The fourth-order valence-electron chi connectivity index (χ4n) is 5.16. The van der Waals surface area contributed by atoms with Crippen molar-refractivity contribution in [2.24, 2.45) is 23.2 Å². The van der Waals surface area contributed by atoms with Crippen molar-refractivity contribution in [1.29, 1.82) is 0 Å². The van der Waals surface area contributed by atoms with Gasteiger partial charge in [0, 0.05) is 11.5 Å². The van der Waals surface area contributed by atoms with Crippen molar-refractivity contribution in [2.45, 2.75) is 57.4 Å². The summed E-state index contributed by atoms with van der Waals surface area (Å²) in [7, 11) is 0. The highest BCUT2D eigenvalue weighted by Gasteiger charge is 2.54. The average Bonchev–Trinajstić information content (AvgIpc) is 3.07. The van der Waals surface area contributed by atoms with E-state index in [4.69, 9.17) is 0 Å². The molecule has 0 heterocycles. The Bertz CT molecular complexity index is 310. The number of hydrogen-bond acceptors (Lipinski definition) is 2. The fourth-order valence-corrected chi connectivity index (χ4v) is 5.16. The van der Waals surface area contributed by atoms with Crippen molar-refractivity contribution in [3.05, 3.63) is 0 Å². The van der Waals surface area contributed by atoms with Crippen molar-refractivity contribution in [3.8, 4) is 0 Å². The van der Waals surface area contributed by atoms with Crippen LogP contribution in [0.1, 0.15) is 51.4 Å². The van der Waals surface area contributed by atoms with Gasteiger partial charge >= 0.3 is 0 Å². The van der Waals surface area contributed by atoms with Gasteiger partial charge in [0.1, 0.15) is 0 Å². The minimum Gasteiger partial charge on any atom is -0.307 e. The molecule has 0 aliphatic heterocycles. The molecular weight excluding hydrogens is 210 g/mol. The molecule has 0 spiro atoms. The second kappa shape index (κ2) is 3.57. The molecule has 4 bridgehead atoms. The molecule has 0 amide bonds. The number of carbonyl (C=O) groups is 1. The smallest absolute Gasteiger partial charge is 0.152 e. The molecule has 0 radical (unpaired) electrons. The number of ketones is 1. The van der Waals surface area contributed by atoms with Gasteiger partial charge in [-0.1, -0.05) is 0 Å². The Morgan fingerprint density at radius 3 is 2.00 bits per heavy atom. The summed E-state index contributed by atoms with van der Waals surface area (Å²) in [4.78, 5) is 12.6. The summed E-state index contributed by atoms with van der Waals surface area (Å²) in [5, 5.41) is 3.43. The van der Waals surface area contributed by atoms with E-state index in [2.05, 4.69) is 5.32 Å². The zero-order valence-corrected chi connectivity index (χ0v) is 10.6. The molecule has 2 nitrogen and oxygen atoms in total. The fraction of sp³-hybridized carbons (Fsp3) is 0.933. The lowest BCUT2D eigenvalue weighted by molar-refractivity contribution is -0.142. The first-order chi connectivity index (χ1) is 8.23.